The van der Waals surface area contributed by atoms with Gasteiger partial charge in [0.15, 0.2) is 0 Å². The predicted molar refractivity (Wildman–Crippen MR) is 89.3 cm³/mol. The molecular formula is C16H19N3O4S. The van der Waals surface area contributed by atoms with Gasteiger partial charge < -0.3 is 19.2 Å². The number of thioether (sulfide) groups is 1. The van der Waals surface area contributed by atoms with Crippen LogP contribution < -0.4 is 14.8 Å². The monoisotopic (exact) mass is 349 g/mol. The Kier molecular flexibility index (Phi) is 4.94. The Bertz CT molecular complexity index is 708. The van der Waals surface area contributed by atoms with E-state index < -0.39 is 0 Å². The first-order valence-corrected chi connectivity index (χ1v) is 8.51. The summed E-state index contributed by atoms with van der Waals surface area (Å²) in [5, 5.41) is 11.1. The molecule has 8 heteroatoms. The van der Waals surface area contributed by atoms with Gasteiger partial charge in [0.2, 0.25) is 11.8 Å². The van der Waals surface area contributed by atoms with Crippen LogP contribution in [0.1, 0.15) is 19.8 Å². The van der Waals surface area contributed by atoms with Crippen LogP contribution in [0.3, 0.4) is 0 Å². The fraction of sp³-hybridized carbons (Fsp3) is 0.438. The van der Waals surface area contributed by atoms with E-state index in [9.17, 15) is 4.79 Å². The Morgan fingerprint density at radius 1 is 1.25 bits per heavy atom. The van der Waals surface area contributed by atoms with Gasteiger partial charge in [-0.15, -0.1) is 10.2 Å². The topological polar surface area (TPSA) is 86.5 Å². The molecule has 24 heavy (non-hydrogen) atoms. The average molecular weight is 349 g/mol. The first-order chi connectivity index (χ1) is 11.6. The highest BCUT2D eigenvalue weighted by Crippen LogP contribution is 2.31. The maximum atomic E-state index is 12.0. The zero-order valence-corrected chi connectivity index (χ0v) is 14.6. The van der Waals surface area contributed by atoms with Crippen molar-refractivity contribution in [2.45, 2.75) is 36.3 Å². The van der Waals surface area contributed by atoms with Crippen LogP contribution in [-0.4, -0.2) is 41.6 Å². The minimum atomic E-state index is -0.293. The first kappa shape index (κ1) is 16.6. The second-order valence-corrected chi connectivity index (χ2v) is 6.81. The van der Waals surface area contributed by atoms with Crippen LogP contribution in [0.2, 0.25) is 0 Å². The van der Waals surface area contributed by atoms with Gasteiger partial charge >= 0.3 is 0 Å². The summed E-state index contributed by atoms with van der Waals surface area (Å²) in [4.78, 5) is 12.0. The lowest BCUT2D eigenvalue weighted by atomic mass is 10.2. The Balaban J connectivity index is 1.71. The Morgan fingerprint density at radius 2 is 1.92 bits per heavy atom. The number of nitrogens with zero attached hydrogens (tertiary/aromatic N) is 2. The van der Waals surface area contributed by atoms with Crippen molar-refractivity contribution in [2.75, 3.05) is 14.2 Å². The Labute approximate surface area is 144 Å². The molecule has 2 aromatic rings. The summed E-state index contributed by atoms with van der Waals surface area (Å²) in [6, 6.07) is 5.67. The molecule has 1 saturated carbocycles. The van der Waals surface area contributed by atoms with E-state index in [4.69, 9.17) is 13.9 Å². The van der Waals surface area contributed by atoms with Crippen LogP contribution in [0, 0.1) is 0 Å². The van der Waals surface area contributed by atoms with Gasteiger partial charge in [-0.25, -0.2) is 0 Å². The van der Waals surface area contributed by atoms with Crippen LogP contribution in [0.15, 0.2) is 27.8 Å². The van der Waals surface area contributed by atoms with Crippen LogP contribution in [0.25, 0.3) is 11.5 Å². The lowest BCUT2D eigenvalue weighted by Gasteiger charge is -2.08. The molecule has 1 aliphatic carbocycles. The van der Waals surface area contributed by atoms with Crippen LogP contribution in [0.5, 0.6) is 11.5 Å². The highest BCUT2D eigenvalue weighted by molar-refractivity contribution is 8.00. The zero-order valence-electron chi connectivity index (χ0n) is 13.7. The van der Waals surface area contributed by atoms with Gasteiger partial charge in [-0.2, -0.15) is 0 Å². The summed E-state index contributed by atoms with van der Waals surface area (Å²) in [5.41, 5.74) is 0.695. The molecule has 7 nitrogen and oxygen atoms in total. The number of carbonyl (C=O) groups is 1. The Hall–Kier alpha value is -2.22. The van der Waals surface area contributed by atoms with Gasteiger partial charge in [-0.05, 0) is 31.9 Å². The molecule has 3 rings (SSSR count). The second kappa shape index (κ2) is 7.12. The summed E-state index contributed by atoms with van der Waals surface area (Å²) >= 11 is 1.24. The van der Waals surface area contributed by atoms with Crippen LogP contribution in [-0.2, 0) is 4.79 Å². The van der Waals surface area contributed by atoms with Gasteiger partial charge in [-0.3, -0.25) is 4.79 Å². The van der Waals surface area contributed by atoms with E-state index in [1.54, 1.807) is 32.4 Å². The van der Waals surface area contributed by atoms with Gasteiger partial charge in [0, 0.05) is 17.7 Å². The summed E-state index contributed by atoms with van der Waals surface area (Å²) in [6.07, 6.45) is 2.12. The third-order valence-electron chi connectivity index (χ3n) is 3.58. The van der Waals surface area contributed by atoms with E-state index in [2.05, 4.69) is 15.5 Å². The van der Waals surface area contributed by atoms with Crippen molar-refractivity contribution in [3.05, 3.63) is 18.2 Å². The highest BCUT2D eigenvalue weighted by Gasteiger charge is 2.27. The molecular weight excluding hydrogens is 330 g/mol. The Morgan fingerprint density at radius 3 is 2.50 bits per heavy atom. The van der Waals surface area contributed by atoms with Gasteiger partial charge in [0.05, 0.1) is 19.5 Å². The van der Waals surface area contributed by atoms with Crippen molar-refractivity contribution >= 4 is 17.7 Å². The first-order valence-electron chi connectivity index (χ1n) is 7.63. The SMILES string of the molecule is COc1cc(OC)cc(-c2nnc(S[C@H](C)C(=O)NC3CC3)o2)c1. The van der Waals surface area contributed by atoms with Crippen molar-refractivity contribution in [3.8, 4) is 23.0 Å². The van der Waals surface area contributed by atoms with E-state index >= 15 is 0 Å². The van der Waals surface area contributed by atoms with Gasteiger partial charge in [0.25, 0.3) is 5.22 Å². The van der Waals surface area contributed by atoms with E-state index in [0.29, 0.717) is 34.2 Å². The molecule has 0 saturated heterocycles. The summed E-state index contributed by atoms with van der Waals surface area (Å²) in [6.45, 7) is 1.82. The molecule has 0 spiro atoms. The predicted octanol–water partition coefficient (Wildman–Crippen LogP) is 2.51. The molecule has 128 valence electrons. The third kappa shape index (κ3) is 4.00. The number of benzene rings is 1. The lowest BCUT2D eigenvalue weighted by Crippen LogP contribution is -2.32. The van der Waals surface area contributed by atoms with E-state index in [1.807, 2.05) is 6.92 Å². The molecule has 0 radical (unpaired) electrons. The molecule has 0 unspecified atom stereocenters. The molecule has 0 bridgehead atoms. The number of carbonyl (C=O) groups excluding carboxylic acids is 1. The maximum Gasteiger partial charge on any atom is 0.277 e. The molecule has 0 aliphatic heterocycles. The van der Waals surface area contributed by atoms with Crippen molar-refractivity contribution in [3.63, 3.8) is 0 Å². The molecule has 1 atom stereocenters. The quantitative estimate of drug-likeness (QED) is 0.769. The van der Waals surface area contributed by atoms with E-state index in [-0.39, 0.29) is 11.2 Å². The molecule has 1 aliphatic rings. The highest BCUT2D eigenvalue weighted by atomic mass is 32.2. The van der Waals surface area contributed by atoms with Gasteiger partial charge in [-0.1, -0.05) is 11.8 Å². The number of hydrogen-bond donors (Lipinski definition) is 1. The normalized spacial score (nSPS) is 15.0. The number of hydrogen-bond acceptors (Lipinski definition) is 7. The molecule has 1 N–H and O–H groups in total. The van der Waals surface area contributed by atoms with Gasteiger partial charge in [0.1, 0.15) is 11.5 Å². The van der Waals surface area contributed by atoms with E-state index in [0.717, 1.165) is 12.8 Å². The van der Waals surface area contributed by atoms with E-state index in [1.165, 1.54) is 11.8 Å². The standard InChI is InChI=1S/C16H19N3O4S/c1-9(14(20)17-11-4-5-11)24-16-19-18-15(23-16)10-6-12(21-2)8-13(7-10)22-3/h6-9,11H,4-5H2,1-3H3,(H,17,20)/t9-/m1/s1. The maximum absolute atomic E-state index is 12.0. The minimum Gasteiger partial charge on any atom is -0.497 e. The number of methoxy groups -OCH3 is 2. The fourth-order valence-electron chi connectivity index (χ4n) is 2.06. The van der Waals surface area contributed by atoms with Crippen LogP contribution >= 0.6 is 11.8 Å². The molecule has 1 aromatic carbocycles. The summed E-state index contributed by atoms with van der Waals surface area (Å²) in [7, 11) is 3.15. The number of nitrogens with one attached hydrogen (secondary N) is 1. The number of aromatic nitrogens is 2. The molecule has 1 amide bonds. The fourth-order valence-corrected chi connectivity index (χ4v) is 2.75. The zero-order chi connectivity index (χ0) is 17.1. The molecule has 1 heterocycles. The number of amides is 1. The smallest absolute Gasteiger partial charge is 0.277 e. The van der Waals surface area contributed by atoms with Crippen molar-refractivity contribution in [1.29, 1.82) is 0 Å². The minimum absolute atomic E-state index is 0.00898. The van der Waals surface area contributed by atoms with Crippen LogP contribution in [0.4, 0.5) is 0 Å². The molecule has 1 aromatic heterocycles. The van der Waals surface area contributed by atoms with Crippen molar-refractivity contribution in [2.24, 2.45) is 0 Å². The number of ether oxygens (including phenoxy) is 2. The lowest BCUT2D eigenvalue weighted by molar-refractivity contribution is -0.120. The second-order valence-electron chi connectivity index (χ2n) is 5.52. The number of rotatable bonds is 7. The largest absolute Gasteiger partial charge is 0.497 e. The third-order valence-corrected chi connectivity index (χ3v) is 4.51. The van der Waals surface area contributed by atoms with Crippen molar-refractivity contribution in [1.82, 2.24) is 15.5 Å². The van der Waals surface area contributed by atoms with Crippen molar-refractivity contribution < 1.29 is 18.7 Å². The summed E-state index contributed by atoms with van der Waals surface area (Å²) < 4.78 is 16.1. The average Bonchev–Trinajstić information content (AvgIpc) is 3.29. The molecule has 1 fully saturated rings. The summed E-state index contributed by atoms with van der Waals surface area (Å²) in [5.74, 6) is 1.61.